The number of sulfonamides is 1. The number of carbonyl (C=O) groups excluding carboxylic acids is 1. The lowest BCUT2D eigenvalue weighted by Gasteiger charge is -2.24. The normalized spacial score (nSPS) is 11.4. The van der Waals surface area contributed by atoms with E-state index in [1.807, 2.05) is 27.7 Å². The van der Waals surface area contributed by atoms with Gasteiger partial charge in [-0.1, -0.05) is 54.6 Å². The summed E-state index contributed by atoms with van der Waals surface area (Å²) in [6, 6.07) is 13.1. The molecule has 1 heterocycles. The van der Waals surface area contributed by atoms with Crippen LogP contribution in [0.5, 0.6) is 5.75 Å². The van der Waals surface area contributed by atoms with E-state index in [-0.39, 0.29) is 4.90 Å². The Morgan fingerprint density at radius 3 is 2.39 bits per heavy atom. The molecular weight excluding hydrogens is 480 g/mol. The highest BCUT2D eigenvalue weighted by molar-refractivity contribution is 8.01. The first-order valence-electron chi connectivity index (χ1n) is 10.3. The Bertz CT molecular complexity index is 1180. The fourth-order valence-corrected chi connectivity index (χ4v) is 6.24. The average Bonchev–Trinajstić information content (AvgIpc) is 3.19. The summed E-state index contributed by atoms with van der Waals surface area (Å²) >= 11 is 2.79. The molecule has 0 aliphatic rings. The van der Waals surface area contributed by atoms with Crippen LogP contribution in [0, 0.1) is 6.92 Å². The monoisotopic (exact) mass is 506 g/mol. The van der Waals surface area contributed by atoms with Crippen LogP contribution in [0.2, 0.25) is 0 Å². The first-order chi connectivity index (χ1) is 15.7. The Balaban J connectivity index is 1.85. The molecule has 1 N–H and O–H groups in total. The number of aromatic nitrogens is 2. The zero-order chi connectivity index (χ0) is 24.0. The van der Waals surface area contributed by atoms with Gasteiger partial charge in [-0.25, -0.2) is 8.42 Å². The highest BCUT2D eigenvalue weighted by atomic mass is 32.2. The van der Waals surface area contributed by atoms with Crippen molar-refractivity contribution in [3.8, 4) is 5.75 Å². The van der Waals surface area contributed by atoms with Gasteiger partial charge in [0.1, 0.15) is 12.3 Å². The Morgan fingerprint density at radius 1 is 1.12 bits per heavy atom. The second kappa shape index (κ2) is 11.0. The SMILES string of the molecule is CCOc1ccc(S(=O)(=O)N(CC(=O)Nc2nnc(SC(C)C)s2)c2ccc(C)cc2)cc1. The molecule has 176 valence electrons. The third-order valence-electron chi connectivity index (χ3n) is 4.32. The smallest absolute Gasteiger partial charge is 0.264 e. The number of thioether (sulfide) groups is 1. The molecule has 3 aromatic rings. The molecule has 0 radical (unpaired) electrons. The van der Waals surface area contributed by atoms with E-state index in [1.165, 1.54) is 23.5 Å². The van der Waals surface area contributed by atoms with Gasteiger partial charge in [0.05, 0.1) is 17.2 Å². The van der Waals surface area contributed by atoms with Gasteiger partial charge in [0.25, 0.3) is 10.0 Å². The van der Waals surface area contributed by atoms with Gasteiger partial charge < -0.3 is 4.74 Å². The molecule has 0 bridgehead atoms. The number of carbonyl (C=O) groups is 1. The van der Waals surface area contributed by atoms with E-state index in [1.54, 1.807) is 48.2 Å². The van der Waals surface area contributed by atoms with Crippen molar-refractivity contribution >= 4 is 49.8 Å². The number of hydrogen-bond acceptors (Lipinski definition) is 8. The molecule has 1 amide bonds. The van der Waals surface area contributed by atoms with Crippen LogP contribution in [0.1, 0.15) is 26.3 Å². The lowest BCUT2D eigenvalue weighted by atomic mass is 10.2. The Morgan fingerprint density at radius 2 is 1.79 bits per heavy atom. The summed E-state index contributed by atoms with van der Waals surface area (Å²) in [4.78, 5) is 12.9. The second-order valence-electron chi connectivity index (χ2n) is 7.34. The van der Waals surface area contributed by atoms with Crippen LogP contribution in [0.4, 0.5) is 10.8 Å². The molecular formula is C22H26N4O4S3. The van der Waals surface area contributed by atoms with Crippen LogP contribution in [-0.2, 0) is 14.8 Å². The summed E-state index contributed by atoms with van der Waals surface area (Å²) < 4.78 is 34.2. The van der Waals surface area contributed by atoms with Crippen molar-refractivity contribution in [1.82, 2.24) is 10.2 Å². The van der Waals surface area contributed by atoms with Crippen molar-refractivity contribution in [1.29, 1.82) is 0 Å². The van der Waals surface area contributed by atoms with E-state index in [0.717, 1.165) is 14.2 Å². The van der Waals surface area contributed by atoms with Crippen molar-refractivity contribution in [2.24, 2.45) is 0 Å². The summed E-state index contributed by atoms with van der Waals surface area (Å²) in [7, 11) is -4.02. The molecule has 8 nitrogen and oxygen atoms in total. The van der Waals surface area contributed by atoms with E-state index < -0.39 is 22.5 Å². The molecule has 0 spiro atoms. The molecule has 0 aliphatic carbocycles. The van der Waals surface area contributed by atoms with Crippen LogP contribution in [0.25, 0.3) is 0 Å². The summed E-state index contributed by atoms with van der Waals surface area (Å²) in [5, 5.41) is 11.4. The van der Waals surface area contributed by atoms with Crippen molar-refractivity contribution < 1.29 is 17.9 Å². The van der Waals surface area contributed by atoms with Crippen LogP contribution in [-0.4, -0.2) is 42.9 Å². The number of anilines is 2. The Hall–Kier alpha value is -2.63. The predicted octanol–water partition coefficient (Wildman–Crippen LogP) is 4.58. The number of nitrogens with one attached hydrogen (secondary N) is 1. The highest BCUT2D eigenvalue weighted by Gasteiger charge is 2.27. The van der Waals surface area contributed by atoms with Gasteiger partial charge >= 0.3 is 0 Å². The van der Waals surface area contributed by atoms with Gasteiger partial charge in [0.2, 0.25) is 11.0 Å². The zero-order valence-electron chi connectivity index (χ0n) is 18.8. The second-order valence-corrected chi connectivity index (χ2v) is 12.0. The topological polar surface area (TPSA) is 101 Å². The van der Waals surface area contributed by atoms with E-state index in [2.05, 4.69) is 15.5 Å². The molecule has 0 aliphatic heterocycles. The standard InChI is InChI=1S/C22H26N4O4S3/c1-5-30-18-10-12-19(13-11-18)33(28,29)26(17-8-6-16(4)7-9-17)14-20(27)23-21-24-25-22(32-21)31-15(2)3/h6-13,15H,5,14H2,1-4H3,(H,23,24,27). The van der Waals surface area contributed by atoms with Crippen molar-refractivity contribution in [3.63, 3.8) is 0 Å². The van der Waals surface area contributed by atoms with Crippen molar-refractivity contribution in [2.75, 3.05) is 22.8 Å². The molecule has 11 heteroatoms. The molecule has 2 aromatic carbocycles. The van der Waals surface area contributed by atoms with E-state index in [9.17, 15) is 13.2 Å². The third kappa shape index (κ3) is 6.68. The van der Waals surface area contributed by atoms with Crippen LogP contribution >= 0.6 is 23.1 Å². The summed E-state index contributed by atoms with van der Waals surface area (Å²) in [6.07, 6.45) is 0. The molecule has 33 heavy (non-hydrogen) atoms. The number of amides is 1. The van der Waals surface area contributed by atoms with Crippen molar-refractivity contribution in [3.05, 3.63) is 54.1 Å². The maximum absolute atomic E-state index is 13.5. The number of aryl methyl sites for hydroxylation is 1. The minimum absolute atomic E-state index is 0.0610. The summed E-state index contributed by atoms with van der Waals surface area (Å²) in [5.41, 5.74) is 1.36. The largest absolute Gasteiger partial charge is 0.494 e. The summed E-state index contributed by atoms with van der Waals surface area (Å²) in [5.74, 6) is 0.0600. The van der Waals surface area contributed by atoms with Gasteiger partial charge in [0.15, 0.2) is 4.34 Å². The van der Waals surface area contributed by atoms with Crippen LogP contribution in [0.3, 0.4) is 0 Å². The van der Waals surface area contributed by atoms with Crippen LogP contribution < -0.4 is 14.4 Å². The first kappa shape index (κ1) is 25.0. The Kier molecular flexibility index (Phi) is 8.33. The Labute approximate surface area is 202 Å². The number of nitrogens with zero attached hydrogens (tertiary/aromatic N) is 3. The van der Waals surface area contributed by atoms with E-state index in [4.69, 9.17) is 4.74 Å². The van der Waals surface area contributed by atoms with Crippen LogP contribution in [0.15, 0.2) is 57.8 Å². The molecule has 1 aromatic heterocycles. The van der Waals surface area contributed by atoms with Gasteiger partial charge in [-0.15, -0.1) is 10.2 Å². The number of rotatable bonds is 10. The quantitative estimate of drug-likeness (QED) is 0.317. The molecule has 0 fully saturated rings. The zero-order valence-corrected chi connectivity index (χ0v) is 21.3. The van der Waals surface area contributed by atoms with Crippen molar-refractivity contribution in [2.45, 2.75) is 42.2 Å². The third-order valence-corrected chi connectivity index (χ3v) is 8.04. The molecule has 0 saturated carbocycles. The lowest BCUT2D eigenvalue weighted by molar-refractivity contribution is -0.114. The van der Waals surface area contributed by atoms with E-state index >= 15 is 0 Å². The number of hydrogen-bond donors (Lipinski definition) is 1. The van der Waals surface area contributed by atoms with Gasteiger partial charge in [0, 0.05) is 5.25 Å². The highest BCUT2D eigenvalue weighted by Crippen LogP contribution is 2.29. The minimum atomic E-state index is -4.02. The van der Waals surface area contributed by atoms with E-state index in [0.29, 0.717) is 28.4 Å². The fourth-order valence-electron chi connectivity index (χ4n) is 2.83. The summed E-state index contributed by atoms with van der Waals surface area (Å²) in [6.45, 7) is 7.90. The maximum Gasteiger partial charge on any atom is 0.264 e. The molecule has 0 saturated heterocycles. The lowest BCUT2D eigenvalue weighted by Crippen LogP contribution is -2.38. The van der Waals surface area contributed by atoms with Gasteiger partial charge in [-0.05, 0) is 50.2 Å². The minimum Gasteiger partial charge on any atom is -0.494 e. The molecule has 0 unspecified atom stereocenters. The van der Waals surface area contributed by atoms with Gasteiger partial charge in [-0.2, -0.15) is 0 Å². The number of ether oxygens (including phenoxy) is 1. The van der Waals surface area contributed by atoms with Gasteiger partial charge in [-0.3, -0.25) is 14.4 Å². The molecule has 3 rings (SSSR count). The first-order valence-corrected chi connectivity index (χ1v) is 13.4. The molecule has 0 atom stereocenters. The fraction of sp³-hybridized carbons (Fsp3) is 0.318. The number of benzene rings is 2. The maximum atomic E-state index is 13.5. The average molecular weight is 507 g/mol. The predicted molar refractivity (Wildman–Crippen MR) is 133 cm³/mol.